The Morgan fingerprint density at radius 3 is 2.63 bits per heavy atom. The highest BCUT2D eigenvalue weighted by molar-refractivity contribution is 5.92. The van der Waals surface area contributed by atoms with Crippen molar-refractivity contribution >= 4 is 12.0 Å². The molecule has 0 radical (unpaired) electrons. The van der Waals surface area contributed by atoms with Gasteiger partial charge >= 0.3 is 0 Å². The monoisotopic (exact) mass is 261 g/mol. The lowest BCUT2D eigenvalue weighted by Gasteiger charge is -2.25. The minimum atomic E-state index is -0.107. The van der Waals surface area contributed by atoms with Crippen LogP contribution >= 0.6 is 0 Å². The second-order valence-electron chi connectivity index (χ2n) is 4.77. The second-order valence-corrected chi connectivity index (χ2v) is 4.77. The van der Waals surface area contributed by atoms with Crippen LogP contribution in [0.3, 0.4) is 0 Å². The third kappa shape index (κ3) is 3.58. The summed E-state index contributed by atoms with van der Waals surface area (Å²) >= 11 is 0. The molecule has 4 nitrogen and oxygen atoms in total. The first-order chi connectivity index (χ1) is 9.20. The standard InChI is InChI=1S/C15H19NO3/c17-11-12-4-5-13(14(18)10-12)6-7-15(19)16-8-2-1-3-9-16/h4-7,10,17-18H,1-3,8-9,11H2/b7-6+. The van der Waals surface area contributed by atoms with Crippen LogP contribution in [-0.4, -0.2) is 34.1 Å². The SMILES string of the molecule is O=C(/C=C/c1ccc(CO)cc1O)N1CCCCC1. The summed E-state index contributed by atoms with van der Waals surface area (Å²) in [5.41, 5.74) is 1.24. The number of carbonyl (C=O) groups excluding carboxylic acids is 1. The third-order valence-corrected chi connectivity index (χ3v) is 3.35. The minimum Gasteiger partial charge on any atom is -0.507 e. The molecule has 102 valence electrons. The molecule has 1 saturated heterocycles. The summed E-state index contributed by atoms with van der Waals surface area (Å²) in [4.78, 5) is 13.8. The van der Waals surface area contributed by atoms with E-state index in [4.69, 9.17) is 5.11 Å². The third-order valence-electron chi connectivity index (χ3n) is 3.35. The molecule has 0 aliphatic carbocycles. The molecule has 2 rings (SSSR count). The quantitative estimate of drug-likeness (QED) is 0.817. The van der Waals surface area contributed by atoms with Gasteiger partial charge in [0.25, 0.3) is 0 Å². The van der Waals surface area contributed by atoms with Crippen LogP contribution in [0.1, 0.15) is 30.4 Å². The van der Waals surface area contributed by atoms with E-state index < -0.39 is 0 Å². The Hall–Kier alpha value is -1.81. The fourth-order valence-corrected chi connectivity index (χ4v) is 2.21. The lowest BCUT2D eigenvalue weighted by atomic mass is 10.1. The fourth-order valence-electron chi connectivity index (χ4n) is 2.21. The van der Waals surface area contributed by atoms with Crippen molar-refractivity contribution in [2.45, 2.75) is 25.9 Å². The second kappa shape index (κ2) is 6.38. The van der Waals surface area contributed by atoms with E-state index in [2.05, 4.69) is 0 Å². The van der Waals surface area contributed by atoms with Crippen LogP contribution < -0.4 is 0 Å². The average molecular weight is 261 g/mol. The van der Waals surface area contributed by atoms with Crippen LogP contribution in [0.15, 0.2) is 24.3 Å². The van der Waals surface area contributed by atoms with E-state index in [-0.39, 0.29) is 18.3 Å². The number of amides is 1. The van der Waals surface area contributed by atoms with E-state index in [1.165, 1.54) is 18.6 Å². The van der Waals surface area contributed by atoms with Gasteiger partial charge in [0.05, 0.1) is 6.61 Å². The first-order valence-electron chi connectivity index (χ1n) is 6.60. The van der Waals surface area contributed by atoms with E-state index in [0.29, 0.717) is 11.1 Å². The minimum absolute atomic E-state index is 0.00895. The number of aromatic hydroxyl groups is 1. The Kier molecular flexibility index (Phi) is 4.58. The van der Waals surface area contributed by atoms with Gasteiger partial charge in [-0.2, -0.15) is 0 Å². The maximum absolute atomic E-state index is 11.9. The lowest BCUT2D eigenvalue weighted by Crippen LogP contribution is -2.34. The van der Waals surface area contributed by atoms with E-state index >= 15 is 0 Å². The van der Waals surface area contributed by atoms with E-state index in [9.17, 15) is 9.90 Å². The van der Waals surface area contributed by atoms with Crippen LogP contribution in [0.25, 0.3) is 6.08 Å². The molecule has 0 saturated carbocycles. The van der Waals surface area contributed by atoms with Gasteiger partial charge in [-0.1, -0.05) is 12.1 Å². The van der Waals surface area contributed by atoms with Crippen LogP contribution in [0.4, 0.5) is 0 Å². The average Bonchev–Trinajstić information content (AvgIpc) is 2.46. The predicted molar refractivity (Wildman–Crippen MR) is 73.5 cm³/mol. The molecule has 1 aliphatic rings. The normalized spacial score (nSPS) is 15.9. The molecular weight excluding hydrogens is 242 g/mol. The van der Waals surface area contributed by atoms with Crippen molar-refractivity contribution in [1.29, 1.82) is 0 Å². The molecule has 0 atom stereocenters. The summed E-state index contributed by atoms with van der Waals surface area (Å²) in [7, 11) is 0. The molecule has 0 spiro atoms. The van der Waals surface area contributed by atoms with Crippen molar-refractivity contribution in [3.8, 4) is 5.75 Å². The zero-order valence-electron chi connectivity index (χ0n) is 10.9. The first kappa shape index (κ1) is 13.6. The fraction of sp³-hybridized carbons (Fsp3) is 0.400. The number of hydrogen-bond donors (Lipinski definition) is 2. The summed E-state index contributed by atoms with van der Waals surface area (Å²) in [6, 6.07) is 4.93. The van der Waals surface area contributed by atoms with E-state index in [0.717, 1.165) is 25.9 Å². The number of phenols is 1. The number of hydrogen-bond acceptors (Lipinski definition) is 3. The molecule has 1 amide bonds. The maximum atomic E-state index is 11.9. The Morgan fingerprint density at radius 1 is 1.26 bits per heavy atom. The van der Waals surface area contributed by atoms with E-state index in [1.54, 1.807) is 18.2 Å². The molecule has 19 heavy (non-hydrogen) atoms. The van der Waals surface area contributed by atoms with Crippen molar-refractivity contribution in [2.24, 2.45) is 0 Å². The van der Waals surface area contributed by atoms with Crippen molar-refractivity contribution in [1.82, 2.24) is 4.90 Å². The highest BCUT2D eigenvalue weighted by atomic mass is 16.3. The summed E-state index contributed by atoms with van der Waals surface area (Å²) < 4.78 is 0. The van der Waals surface area contributed by atoms with Crippen molar-refractivity contribution in [3.05, 3.63) is 35.4 Å². The number of phenolic OH excluding ortho intramolecular Hbond substituents is 1. The molecule has 1 aromatic carbocycles. The van der Waals surface area contributed by atoms with Crippen molar-refractivity contribution < 1.29 is 15.0 Å². The van der Waals surface area contributed by atoms with Gasteiger partial charge in [-0.25, -0.2) is 0 Å². The van der Waals surface area contributed by atoms with Gasteiger partial charge in [0.2, 0.25) is 5.91 Å². The van der Waals surface area contributed by atoms with Crippen LogP contribution in [-0.2, 0) is 11.4 Å². The molecule has 1 fully saturated rings. The smallest absolute Gasteiger partial charge is 0.246 e. The largest absolute Gasteiger partial charge is 0.507 e. The van der Waals surface area contributed by atoms with Gasteiger partial charge in [-0.05, 0) is 37.0 Å². The van der Waals surface area contributed by atoms with Gasteiger partial charge in [-0.3, -0.25) is 4.79 Å². The summed E-state index contributed by atoms with van der Waals surface area (Å²) in [6.45, 7) is 1.53. The number of likely N-dealkylation sites (tertiary alicyclic amines) is 1. The lowest BCUT2D eigenvalue weighted by molar-refractivity contribution is -0.126. The number of rotatable bonds is 3. The summed E-state index contributed by atoms with van der Waals surface area (Å²) in [6.07, 6.45) is 6.44. The number of aliphatic hydroxyl groups is 1. The van der Waals surface area contributed by atoms with Gasteiger partial charge in [0, 0.05) is 24.7 Å². The van der Waals surface area contributed by atoms with Gasteiger partial charge in [-0.15, -0.1) is 0 Å². The molecule has 4 heteroatoms. The Bertz CT molecular complexity index is 476. The number of carbonyl (C=O) groups is 1. The Morgan fingerprint density at radius 2 is 2.00 bits per heavy atom. The molecule has 1 aromatic rings. The highest BCUT2D eigenvalue weighted by Gasteiger charge is 2.13. The zero-order chi connectivity index (χ0) is 13.7. The highest BCUT2D eigenvalue weighted by Crippen LogP contribution is 2.20. The first-order valence-corrected chi connectivity index (χ1v) is 6.60. The van der Waals surface area contributed by atoms with Gasteiger partial charge in [0.15, 0.2) is 0 Å². The summed E-state index contributed by atoms with van der Waals surface area (Å²) in [5.74, 6) is 0.0691. The number of aliphatic hydroxyl groups excluding tert-OH is 1. The molecule has 1 heterocycles. The number of benzene rings is 1. The summed E-state index contributed by atoms with van der Waals surface area (Å²) in [5, 5.41) is 18.7. The number of piperidine rings is 1. The molecular formula is C15H19NO3. The Labute approximate surface area is 113 Å². The Balaban J connectivity index is 2.03. The van der Waals surface area contributed by atoms with Crippen LogP contribution in [0.2, 0.25) is 0 Å². The molecule has 0 bridgehead atoms. The van der Waals surface area contributed by atoms with Crippen LogP contribution in [0, 0.1) is 0 Å². The number of nitrogens with zero attached hydrogens (tertiary/aromatic N) is 1. The molecule has 0 aromatic heterocycles. The molecule has 2 N–H and O–H groups in total. The van der Waals surface area contributed by atoms with Crippen molar-refractivity contribution in [3.63, 3.8) is 0 Å². The zero-order valence-corrected chi connectivity index (χ0v) is 10.9. The topological polar surface area (TPSA) is 60.8 Å². The van der Waals surface area contributed by atoms with Gasteiger partial charge < -0.3 is 15.1 Å². The van der Waals surface area contributed by atoms with Gasteiger partial charge in [0.1, 0.15) is 5.75 Å². The van der Waals surface area contributed by atoms with Crippen molar-refractivity contribution in [2.75, 3.05) is 13.1 Å². The molecule has 1 aliphatic heterocycles. The van der Waals surface area contributed by atoms with Crippen LogP contribution in [0.5, 0.6) is 5.75 Å². The van der Waals surface area contributed by atoms with E-state index in [1.807, 2.05) is 4.90 Å². The predicted octanol–water partition coefficient (Wildman–Crippen LogP) is 1.91. The molecule has 0 unspecified atom stereocenters. The maximum Gasteiger partial charge on any atom is 0.246 e.